The van der Waals surface area contributed by atoms with Crippen molar-refractivity contribution in [1.29, 1.82) is 0 Å². The molecule has 1 saturated heterocycles. The molecule has 1 rings (SSSR count). The molecular weight excluding hydrogens is 225 g/mol. The minimum atomic E-state index is -0.443. The standard InChI is InChI=1S/C12H22FNO3/c1-12(2)9-14(11(15)5-4-6-13)7-10(17-12)8-16-3/h10H,4-9H2,1-3H3. The largest absolute Gasteiger partial charge is 0.382 e. The van der Waals surface area contributed by atoms with Crippen molar-refractivity contribution in [3.63, 3.8) is 0 Å². The van der Waals surface area contributed by atoms with Crippen molar-refractivity contribution in [2.24, 2.45) is 0 Å². The van der Waals surface area contributed by atoms with Gasteiger partial charge in [-0.2, -0.15) is 0 Å². The van der Waals surface area contributed by atoms with Crippen molar-refractivity contribution >= 4 is 5.91 Å². The van der Waals surface area contributed by atoms with Gasteiger partial charge in [-0.25, -0.2) is 0 Å². The van der Waals surface area contributed by atoms with Crippen molar-refractivity contribution in [3.8, 4) is 0 Å². The molecule has 1 heterocycles. The molecule has 5 heteroatoms. The zero-order valence-corrected chi connectivity index (χ0v) is 10.9. The van der Waals surface area contributed by atoms with Gasteiger partial charge in [0.2, 0.25) is 5.91 Å². The zero-order chi connectivity index (χ0) is 12.9. The third kappa shape index (κ3) is 4.60. The van der Waals surface area contributed by atoms with E-state index in [1.807, 2.05) is 13.8 Å². The first-order valence-electron chi connectivity index (χ1n) is 5.99. The Morgan fingerprint density at radius 1 is 1.59 bits per heavy atom. The van der Waals surface area contributed by atoms with E-state index in [0.717, 1.165) is 0 Å². The van der Waals surface area contributed by atoms with Crippen molar-refractivity contribution in [1.82, 2.24) is 4.90 Å². The zero-order valence-electron chi connectivity index (χ0n) is 10.9. The van der Waals surface area contributed by atoms with E-state index in [1.54, 1.807) is 12.0 Å². The number of halogens is 1. The molecule has 1 aliphatic heterocycles. The van der Waals surface area contributed by atoms with Crippen LogP contribution in [-0.4, -0.2) is 56.0 Å². The predicted octanol–water partition coefficient (Wildman–Crippen LogP) is 1.39. The first-order valence-corrected chi connectivity index (χ1v) is 5.99. The van der Waals surface area contributed by atoms with E-state index in [1.165, 1.54) is 0 Å². The highest BCUT2D eigenvalue weighted by molar-refractivity contribution is 5.76. The van der Waals surface area contributed by atoms with Gasteiger partial charge in [0.1, 0.15) is 0 Å². The maximum Gasteiger partial charge on any atom is 0.222 e. The number of carbonyl (C=O) groups is 1. The molecule has 1 fully saturated rings. The van der Waals surface area contributed by atoms with E-state index in [9.17, 15) is 9.18 Å². The first-order chi connectivity index (χ1) is 7.98. The van der Waals surface area contributed by atoms with Crippen molar-refractivity contribution < 1.29 is 18.7 Å². The number of amides is 1. The van der Waals surface area contributed by atoms with E-state index in [-0.39, 0.29) is 24.0 Å². The van der Waals surface area contributed by atoms with E-state index in [2.05, 4.69) is 0 Å². The van der Waals surface area contributed by atoms with Crippen LogP contribution in [0.25, 0.3) is 0 Å². The van der Waals surface area contributed by atoms with Crippen molar-refractivity contribution in [2.45, 2.75) is 38.4 Å². The molecule has 0 N–H and O–H groups in total. The molecule has 0 aromatic rings. The van der Waals surface area contributed by atoms with Gasteiger partial charge in [0, 0.05) is 26.6 Å². The summed E-state index contributed by atoms with van der Waals surface area (Å²) in [5.41, 5.74) is -0.368. The fourth-order valence-corrected chi connectivity index (χ4v) is 2.13. The summed E-state index contributed by atoms with van der Waals surface area (Å²) in [6, 6.07) is 0. The third-order valence-corrected chi connectivity index (χ3v) is 2.71. The molecule has 4 nitrogen and oxygen atoms in total. The number of carbonyl (C=O) groups excluding carboxylic acids is 1. The van der Waals surface area contributed by atoms with Gasteiger partial charge in [-0.3, -0.25) is 9.18 Å². The summed E-state index contributed by atoms with van der Waals surface area (Å²) in [5.74, 6) is 0.000119. The minimum absolute atomic E-state index is 0.000119. The first kappa shape index (κ1) is 14.4. The number of nitrogens with zero attached hydrogens (tertiary/aromatic N) is 1. The minimum Gasteiger partial charge on any atom is -0.382 e. The lowest BCUT2D eigenvalue weighted by Crippen LogP contribution is -2.55. The second-order valence-electron chi connectivity index (χ2n) is 5.02. The van der Waals surface area contributed by atoms with Crippen LogP contribution in [0.15, 0.2) is 0 Å². The summed E-state index contributed by atoms with van der Waals surface area (Å²) >= 11 is 0. The Balaban J connectivity index is 2.56. The quantitative estimate of drug-likeness (QED) is 0.737. The topological polar surface area (TPSA) is 38.8 Å². The summed E-state index contributed by atoms with van der Waals surface area (Å²) in [5, 5.41) is 0. The lowest BCUT2D eigenvalue weighted by Gasteiger charge is -2.42. The molecule has 0 radical (unpaired) electrons. The van der Waals surface area contributed by atoms with Gasteiger partial charge in [-0.05, 0) is 20.3 Å². The third-order valence-electron chi connectivity index (χ3n) is 2.71. The number of methoxy groups -OCH3 is 1. The maximum atomic E-state index is 12.1. The molecular formula is C12H22FNO3. The molecule has 1 amide bonds. The van der Waals surface area contributed by atoms with Crippen LogP contribution in [0.3, 0.4) is 0 Å². The van der Waals surface area contributed by atoms with Gasteiger partial charge < -0.3 is 14.4 Å². The van der Waals surface area contributed by atoms with Gasteiger partial charge >= 0.3 is 0 Å². The number of ether oxygens (including phenoxy) is 2. The van der Waals surface area contributed by atoms with Crippen LogP contribution in [-0.2, 0) is 14.3 Å². The average molecular weight is 247 g/mol. The Morgan fingerprint density at radius 3 is 2.88 bits per heavy atom. The summed E-state index contributed by atoms with van der Waals surface area (Å²) in [6.07, 6.45) is 0.468. The smallest absolute Gasteiger partial charge is 0.222 e. The number of alkyl halides is 1. The van der Waals surface area contributed by atoms with Crippen LogP contribution in [0.5, 0.6) is 0 Å². The molecule has 0 aliphatic carbocycles. The van der Waals surface area contributed by atoms with E-state index in [4.69, 9.17) is 9.47 Å². The maximum absolute atomic E-state index is 12.1. The lowest BCUT2D eigenvalue weighted by molar-refractivity contribution is -0.168. The van der Waals surface area contributed by atoms with Gasteiger partial charge in [-0.15, -0.1) is 0 Å². The van der Waals surface area contributed by atoms with E-state index >= 15 is 0 Å². The SMILES string of the molecule is COCC1CN(C(=O)CCCF)CC(C)(C)O1. The Labute approximate surface area is 102 Å². The molecule has 0 saturated carbocycles. The van der Waals surface area contributed by atoms with Crippen LogP contribution >= 0.6 is 0 Å². The van der Waals surface area contributed by atoms with Crippen LogP contribution < -0.4 is 0 Å². The second-order valence-corrected chi connectivity index (χ2v) is 5.02. The summed E-state index contributed by atoms with van der Waals surface area (Å²) in [7, 11) is 1.61. The highest BCUT2D eigenvalue weighted by Gasteiger charge is 2.35. The Kier molecular flexibility index (Phi) is 5.33. The second kappa shape index (κ2) is 6.31. The molecule has 0 spiro atoms. The molecule has 17 heavy (non-hydrogen) atoms. The number of hydrogen-bond donors (Lipinski definition) is 0. The molecule has 1 atom stereocenters. The fourth-order valence-electron chi connectivity index (χ4n) is 2.13. The monoisotopic (exact) mass is 247 g/mol. The molecule has 1 unspecified atom stereocenters. The Morgan fingerprint density at radius 2 is 2.29 bits per heavy atom. The summed E-state index contributed by atoms with van der Waals surface area (Å²) in [6.45, 7) is 5.01. The number of hydrogen-bond acceptors (Lipinski definition) is 3. The van der Waals surface area contributed by atoms with Crippen LogP contribution in [0.4, 0.5) is 4.39 Å². The summed E-state index contributed by atoms with van der Waals surface area (Å²) < 4.78 is 22.9. The molecule has 0 aromatic heterocycles. The predicted molar refractivity (Wildman–Crippen MR) is 62.6 cm³/mol. The van der Waals surface area contributed by atoms with Crippen LogP contribution in [0.1, 0.15) is 26.7 Å². The van der Waals surface area contributed by atoms with Gasteiger partial charge in [0.15, 0.2) is 0 Å². The summed E-state index contributed by atoms with van der Waals surface area (Å²) in [4.78, 5) is 13.6. The van der Waals surface area contributed by atoms with Crippen LogP contribution in [0.2, 0.25) is 0 Å². The van der Waals surface area contributed by atoms with Crippen LogP contribution in [0, 0.1) is 0 Å². The van der Waals surface area contributed by atoms with E-state index in [0.29, 0.717) is 26.1 Å². The Hall–Kier alpha value is -0.680. The molecule has 100 valence electrons. The number of morpholine rings is 1. The van der Waals surface area contributed by atoms with E-state index < -0.39 is 6.67 Å². The highest BCUT2D eigenvalue weighted by atomic mass is 19.1. The van der Waals surface area contributed by atoms with Gasteiger partial charge in [0.05, 0.1) is 25.0 Å². The van der Waals surface area contributed by atoms with Crippen molar-refractivity contribution in [2.75, 3.05) is 33.5 Å². The average Bonchev–Trinajstić information content (AvgIpc) is 2.24. The molecule has 1 aliphatic rings. The molecule has 0 bridgehead atoms. The lowest BCUT2D eigenvalue weighted by atomic mass is 10.0. The normalized spacial score (nSPS) is 23.8. The number of rotatable bonds is 5. The Bertz CT molecular complexity index is 258. The fraction of sp³-hybridized carbons (Fsp3) is 0.917. The molecule has 0 aromatic carbocycles. The van der Waals surface area contributed by atoms with Crippen molar-refractivity contribution in [3.05, 3.63) is 0 Å². The highest BCUT2D eigenvalue weighted by Crippen LogP contribution is 2.22. The van der Waals surface area contributed by atoms with Gasteiger partial charge in [0.25, 0.3) is 0 Å². The van der Waals surface area contributed by atoms with Gasteiger partial charge in [-0.1, -0.05) is 0 Å².